The maximum absolute atomic E-state index is 13.3. The summed E-state index contributed by atoms with van der Waals surface area (Å²) in [6.45, 7) is 9.01. The van der Waals surface area contributed by atoms with E-state index in [9.17, 15) is 14.6 Å². The molecule has 0 saturated carbocycles. The van der Waals surface area contributed by atoms with Crippen molar-refractivity contribution < 1.29 is 24.1 Å². The molecule has 0 aliphatic carbocycles. The highest BCUT2D eigenvalue weighted by Crippen LogP contribution is 2.35. The van der Waals surface area contributed by atoms with Crippen molar-refractivity contribution in [1.82, 2.24) is 10.2 Å². The molecule has 0 radical (unpaired) electrons. The topological polar surface area (TPSA) is 74.2 Å². The number of hydrogen-bond donors (Lipinski definition) is 3. The lowest BCUT2D eigenvalue weighted by molar-refractivity contribution is 0.173. The molecular weight excluding hydrogens is 531 g/mol. The number of benzene rings is 3. The molecule has 3 aromatic carbocycles. The highest BCUT2D eigenvalue weighted by atomic mass is 35.5. The van der Waals surface area contributed by atoms with E-state index >= 15 is 0 Å². The lowest BCUT2D eigenvalue weighted by Crippen LogP contribution is -2.24. The van der Waals surface area contributed by atoms with Gasteiger partial charge in [0.2, 0.25) is 0 Å². The first-order chi connectivity index (χ1) is 19.3. The van der Waals surface area contributed by atoms with Gasteiger partial charge in [0.05, 0.1) is 30.4 Å². The fourth-order valence-corrected chi connectivity index (χ4v) is 5.26. The van der Waals surface area contributed by atoms with Crippen molar-refractivity contribution >= 4 is 11.6 Å². The summed E-state index contributed by atoms with van der Waals surface area (Å²) in [5.41, 5.74) is 5.00. The average Bonchev–Trinajstić information content (AvgIpc) is 3.36. The molecule has 216 valence electrons. The summed E-state index contributed by atoms with van der Waals surface area (Å²) in [5, 5.41) is 23.2. The minimum Gasteiger partial charge on any atom is -0.493 e. The molecule has 1 aliphatic heterocycles. The molecule has 4 rings (SSSR count). The second kappa shape index (κ2) is 14.8. The normalized spacial score (nSPS) is 16.3. The summed E-state index contributed by atoms with van der Waals surface area (Å²) < 4.78 is 25.6. The van der Waals surface area contributed by atoms with Crippen molar-refractivity contribution in [3.8, 4) is 22.6 Å². The summed E-state index contributed by atoms with van der Waals surface area (Å²) >= 11 is 5.81. The van der Waals surface area contributed by atoms with Gasteiger partial charge in [0, 0.05) is 26.2 Å². The lowest BCUT2D eigenvalue weighted by atomic mass is 9.95. The Morgan fingerprint density at radius 2 is 1.65 bits per heavy atom. The van der Waals surface area contributed by atoms with Gasteiger partial charge in [0.1, 0.15) is 17.3 Å². The van der Waals surface area contributed by atoms with Gasteiger partial charge >= 0.3 is 0 Å². The van der Waals surface area contributed by atoms with Crippen LogP contribution in [0.25, 0.3) is 11.1 Å². The number of β-amino-alcohol motifs (C(OH)–C–C–N with tert-alkyl or cyclic N) is 1. The number of halogens is 2. The summed E-state index contributed by atoms with van der Waals surface area (Å²) in [6.07, 6.45) is 1.60. The van der Waals surface area contributed by atoms with Gasteiger partial charge in [-0.3, -0.25) is 0 Å². The molecule has 3 aromatic rings. The zero-order valence-electron chi connectivity index (χ0n) is 23.3. The predicted octanol–water partition coefficient (Wildman–Crippen LogP) is 5.69. The molecule has 40 heavy (non-hydrogen) atoms. The van der Waals surface area contributed by atoms with E-state index in [4.69, 9.17) is 21.1 Å². The van der Waals surface area contributed by atoms with Crippen molar-refractivity contribution in [2.45, 2.75) is 45.3 Å². The molecule has 1 saturated heterocycles. The third-order valence-corrected chi connectivity index (χ3v) is 7.69. The quantitative estimate of drug-likeness (QED) is 0.216. The Morgan fingerprint density at radius 3 is 2.25 bits per heavy atom. The molecule has 2 atom stereocenters. The smallest absolute Gasteiger partial charge is 0.141 e. The first-order valence-corrected chi connectivity index (χ1v) is 14.4. The van der Waals surface area contributed by atoms with Crippen molar-refractivity contribution in [2.24, 2.45) is 0 Å². The number of likely N-dealkylation sites (tertiary alicyclic amines) is 1. The fourth-order valence-electron chi connectivity index (χ4n) is 5.07. The van der Waals surface area contributed by atoms with Gasteiger partial charge in [0.15, 0.2) is 0 Å². The Morgan fingerprint density at radius 1 is 1.00 bits per heavy atom. The molecular formula is C32H40ClFN2O4. The predicted molar refractivity (Wildman–Crippen MR) is 158 cm³/mol. The van der Waals surface area contributed by atoms with Crippen LogP contribution in [0.1, 0.15) is 42.1 Å². The van der Waals surface area contributed by atoms with Crippen LogP contribution < -0.4 is 14.8 Å². The molecule has 0 bridgehead atoms. The van der Waals surface area contributed by atoms with Crippen LogP contribution in [0.2, 0.25) is 5.02 Å². The maximum atomic E-state index is 13.3. The Hall–Kier alpha value is -2.68. The molecule has 0 spiro atoms. The van der Waals surface area contributed by atoms with Crippen LogP contribution in [-0.4, -0.2) is 67.2 Å². The molecule has 0 aromatic heterocycles. The molecule has 3 N–H and O–H groups in total. The largest absolute Gasteiger partial charge is 0.493 e. The van der Waals surface area contributed by atoms with Crippen LogP contribution in [0.3, 0.4) is 0 Å². The zero-order chi connectivity index (χ0) is 28.5. The van der Waals surface area contributed by atoms with E-state index in [0.717, 1.165) is 72.6 Å². The van der Waals surface area contributed by atoms with Crippen LogP contribution in [0.15, 0.2) is 54.6 Å². The Bertz CT molecular complexity index is 1260. The van der Waals surface area contributed by atoms with Crippen LogP contribution in [0.4, 0.5) is 4.39 Å². The van der Waals surface area contributed by atoms with Crippen molar-refractivity contribution in [2.75, 3.05) is 45.9 Å². The first-order valence-electron chi connectivity index (χ1n) is 14.0. The van der Waals surface area contributed by atoms with Gasteiger partial charge in [-0.2, -0.15) is 0 Å². The SMILES string of the molecule is Cc1c(OCCCNCC(O)c2ccc(F)c(Cl)c2)cccc1-c1cccc(OCCCN2CCC(O)C2)c1C. The molecule has 1 aliphatic rings. The number of aliphatic hydroxyl groups excluding tert-OH is 2. The molecule has 8 heteroatoms. The van der Waals surface area contributed by atoms with Crippen LogP contribution in [0, 0.1) is 19.7 Å². The highest BCUT2D eigenvalue weighted by molar-refractivity contribution is 6.30. The number of hydrogen-bond acceptors (Lipinski definition) is 6. The summed E-state index contributed by atoms with van der Waals surface area (Å²) in [5.74, 6) is 1.24. The van der Waals surface area contributed by atoms with Crippen molar-refractivity contribution in [1.29, 1.82) is 0 Å². The third-order valence-electron chi connectivity index (χ3n) is 7.40. The Balaban J connectivity index is 1.24. The van der Waals surface area contributed by atoms with Crippen LogP contribution >= 0.6 is 11.6 Å². The van der Waals surface area contributed by atoms with Crippen molar-refractivity contribution in [3.05, 3.63) is 82.1 Å². The van der Waals surface area contributed by atoms with Gasteiger partial charge in [-0.1, -0.05) is 41.9 Å². The van der Waals surface area contributed by atoms with E-state index in [1.54, 1.807) is 0 Å². The van der Waals surface area contributed by atoms with Crippen molar-refractivity contribution in [3.63, 3.8) is 0 Å². The average molecular weight is 571 g/mol. The van der Waals surface area contributed by atoms with Crippen LogP contribution in [-0.2, 0) is 0 Å². The standard InChI is InChI=1S/C32H40ClFN2O4/c1-22-26(27-8-4-10-32(23(27)2)40-18-6-15-36-16-13-25(37)21-36)7-3-9-31(22)39-17-5-14-35-20-30(38)24-11-12-29(34)28(33)19-24/h3-4,7-12,19,25,30,35,37-38H,5-6,13-18,20-21H2,1-2H3. The molecule has 1 fully saturated rings. The number of rotatable bonds is 14. The number of nitrogens with one attached hydrogen (secondary N) is 1. The molecule has 2 unspecified atom stereocenters. The summed E-state index contributed by atoms with van der Waals surface area (Å²) in [6, 6.07) is 16.5. The van der Waals surface area contributed by atoms with E-state index in [-0.39, 0.29) is 11.1 Å². The van der Waals surface area contributed by atoms with Gasteiger partial charge in [-0.15, -0.1) is 0 Å². The van der Waals surface area contributed by atoms with E-state index in [2.05, 4.69) is 36.2 Å². The highest BCUT2D eigenvalue weighted by Gasteiger charge is 2.19. The first kappa shape index (κ1) is 30.3. The Labute approximate surface area is 241 Å². The zero-order valence-corrected chi connectivity index (χ0v) is 24.1. The third kappa shape index (κ3) is 8.18. The van der Waals surface area contributed by atoms with Gasteiger partial charge in [0.25, 0.3) is 0 Å². The lowest BCUT2D eigenvalue weighted by Gasteiger charge is -2.18. The minimum absolute atomic E-state index is 0.00660. The van der Waals surface area contributed by atoms with E-state index in [1.165, 1.54) is 18.2 Å². The van der Waals surface area contributed by atoms with E-state index in [0.29, 0.717) is 31.9 Å². The molecule has 0 amide bonds. The monoisotopic (exact) mass is 570 g/mol. The number of ether oxygens (including phenoxy) is 2. The fraction of sp³-hybridized carbons (Fsp3) is 0.438. The van der Waals surface area contributed by atoms with E-state index in [1.807, 2.05) is 24.3 Å². The molecule has 6 nitrogen and oxygen atoms in total. The number of nitrogens with zero attached hydrogens (tertiary/aromatic N) is 1. The second-order valence-corrected chi connectivity index (χ2v) is 10.8. The van der Waals surface area contributed by atoms with Gasteiger partial charge < -0.3 is 29.9 Å². The minimum atomic E-state index is -0.764. The van der Waals surface area contributed by atoms with E-state index < -0.39 is 11.9 Å². The van der Waals surface area contributed by atoms with Crippen LogP contribution in [0.5, 0.6) is 11.5 Å². The van der Waals surface area contributed by atoms with Gasteiger partial charge in [-0.05, 0) is 91.7 Å². The Kier molecular flexibility index (Phi) is 11.2. The van der Waals surface area contributed by atoms with Gasteiger partial charge in [-0.25, -0.2) is 4.39 Å². The molecule has 1 heterocycles. The summed E-state index contributed by atoms with van der Waals surface area (Å²) in [4.78, 5) is 2.29. The number of aliphatic hydroxyl groups is 2. The summed E-state index contributed by atoms with van der Waals surface area (Å²) in [7, 11) is 0. The maximum Gasteiger partial charge on any atom is 0.141 e. The second-order valence-electron chi connectivity index (χ2n) is 10.4.